The van der Waals surface area contributed by atoms with Crippen molar-refractivity contribution in [1.29, 1.82) is 0 Å². The molecule has 1 aliphatic heterocycles. The van der Waals surface area contributed by atoms with Gasteiger partial charge in [-0.05, 0) is 64.9 Å². The van der Waals surface area contributed by atoms with Gasteiger partial charge in [0.1, 0.15) is 11.9 Å². The van der Waals surface area contributed by atoms with Crippen LogP contribution < -0.4 is 5.56 Å². The molecule has 1 saturated heterocycles. The molecule has 1 N–H and O–H groups in total. The van der Waals surface area contributed by atoms with E-state index in [0.717, 1.165) is 48.2 Å². The third-order valence-electron chi connectivity index (χ3n) is 8.27. The molecule has 1 saturated carbocycles. The van der Waals surface area contributed by atoms with Crippen LogP contribution in [0.25, 0.3) is 10.9 Å². The zero-order chi connectivity index (χ0) is 26.1. The number of para-hydroxylation sites is 1. The van der Waals surface area contributed by atoms with Crippen molar-refractivity contribution >= 4 is 10.9 Å². The molecule has 3 heterocycles. The fourth-order valence-electron chi connectivity index (χ4n) is 6.19. The number of piperazine rings is 1. The normalized spacial score (nSPS) is 18.7. The molecule has 2 aromatic heterocycles. The van der Waals surface area contributed by atoms with Crippen LogP contribution in [0, 0.1) is 12.7 Å². The van der Waals surface area contributed by atoms with E-state index in [-0.39, 0.29) is 11.4 Å². The average molecular weight is 516 g/mol. The first-order valence-corrected chi connectivity index (χ1v) is 13.7. The lowest BCUT2D eigenvalue weighted by atomic mass is 9.93. The van der Waals surface area contributed by atoms with Crippen LogP contribution in [0.3, 0.4) is 0 Å². The maximum Gasteiger partial charge on any atom is 0.253 e. The van der Waals surface area contributed by atoms with Crippen LogP contribution in [-0.2, 0) is 6.54 Å². The van der Waals surface area contributed by atoms with Gasteiger partial charge in [-0.25, -0.2) is 9.07 Å². The number of nitrogens with zero attached hydrogens (tertiary/aromatic N) is 6. The Labute approximate surface area is 221 Å². The van der Waals surface area contributed by atoms with Gasteiger partial charge in [0.15, 0.2) is 5.82 Å². The molecule has 0 amide bonds. The van der Waals surface area contributed by atoms with E-state index < -0.39 is 6.04 Å². The van der Waals surface area contributed by atoms with Crippen molar-refractivity contribution in [1.82, 2.24) is 35.0 Å². The van der Waals surface area contributed by atoms with Crippen molar-refractivity contribution in [3.8, 4) is 0 Å². The molecule has 4 aromatic rings. The van der Waals surface area contributed by atoms with Gasteiger partial charge < -0.3 is 4.98 Å². The molecule has 1 aliphatic carbocycles. The van der Waals surface area contributed by atoms with E-state index >= 15 is 0 Å². The number of aromatic nitrogens is 5. The van der Waals surface area contributed by atoms with Crippen LogP contribution in [0.4, 0.5) is 4.39 Å². The second kappa shape index (κ2) is 10.7. The molecular formula is C29H34FN7O. The predicted octanol–water partition coefficient (Wildman–Crippen LogP) is 4.05. The highest BCUT2D eigenvalue weighted by Gasteiger charge is 2.34. The van der Waals surface area contributed by atoms with E-state index in [1.807, 2.05) is 31.2 Å². The summed E-state index contributed by atoms with van der Waals surface area (Å²) in [6.07, 6.45) is 6.54. The Kier molecular flexibility index (Phi) is 7.04. The SMILES string of the molecule is Cc1cccc2cc([C@H](c3nnnn3Cc3ccc(F)cc3)N3CCN(C4CCCCC4)CC3)c(=O)[nH]c12. The Bertz CT molecular complexity index is 1450. The Morgan fingerprint density at radius 1 is 1.03 bits per heavy atom. The van der Waals surface area contributed by atoms with Crippen molar-refractivity contribution in [2.45, 2.75) is 57.7 Å². The van der Waals surface area contributed by atoms with E-state index in [1.54, 1.807) is 16.8 Å². The molecule has 198 valence electrons. The van der Waals surface area contributed by atoms with Crippen molar-refractivity contribution in [2.75, 3.05) is 26.2 Å². The Morgan fingerprint density at radius 2 is 1.79 bits per heavy atom. The summed E-state index contributed by atoms with van der Waals surface area (Å²) in [6.45, 7) is 5.98. The quantitative estimate of drug-likeness (QED) is 0.417. The molecule has 0 unspecified atom stereocenters. The van der Waals surface area contributed by atoms with E-state index in [4.69, 9.17) is 0 Å². The summed E-state index contributed by atoms with van der Waals surface area (Å²) in [5, 5.41) is 13.7. The summed E-state index contributed by atoms with van der Waals surface area (Å²) in [5.74, 6) is 0.343. The van der Waals surface area contributed by atoms with E-state index in [9.17, 15) is 9.18 Å². The van der Waals surface area contributed by atoms with Gasteiger partial charge in [-0.15, -0.1) is 5.10 Å². The number of aromatic amines is 1. The van der Waals surface area contributed by atoms with Gasteiger partial charge in [0.25, 0.3) is 5.56 Å². The fraction of sp³-hybridized carbons (Fsp3) is 0.448. The summed E-state index contributed by atoms with van der Waals surface area (Å²) in [4.78, 5) is 21.7. The Morgan fingerprint density at radius 3 is 2.55 bits per heavy atom. The first-order valence-electron chi connectivity index (χ1n) is 13.7. The monoisotopic (exact) mass is 515 g/mol. The maximum absolute atomic E-state index is 13.6. The Hall–Kier alpha value is -3.43. The van der Waals surface area contributed by atoms with Crippen molar-refractivity contribution < 1.29 is 4.39 Å². The van der Waals surface area contributed by atoms with Gasteiger partial charge in [0, 0.05) is 37.8 Å². The van der Waals surface area contributed by atoms with Crippen molar-refractivity contribution in [3.63, 3.8) is 0 Å². The van der Waals surface area contributed by atoms with Crippen LogP contribution in [0.2, 0.25) is 0 Å². The number of benzene rings is 2. The second-order valence-corrected chi connectivity index (χ2v) is 10.7. The summed E-state index contributed by atoms with van der Waals surface area (Å²) < 4.78 is 15.2. The lowest BCUT2D eigenvalue weighted by molar-refractivity contribution is 0.0618. The third-order valence-corrected chi connectivity index (χ3v) is 8.27. The minimum Gasteiger partial charge on any atom is -0.321 e. The molecule has 2 fully saturated rings. The van der Waals surface area contributed by atoms with Gasteiger partial charge in [0.05, 0.1) is 12.1 Å². The van der Waals surface area contributed by atoms with Gasteiger partial charge in [-0.2, -0.15) is 0 Å². The zero-order valence-electron chi connectivity index (χ0n) is 21.8. The number of tetrazole rings is 1. The van der Waals surface area contributed by atoms with Crippen LogP contribution >= 0.6 is 0 Å². The first-order chi connectivity index (χ1) is 18.6. The highest BCUT2D eigenvalue weighted by atomic mass is 19.1. The number of pyridine rings is 1. The number of halogens is 1. The molecule has 38 heavy (non-hydrogen) atoms. The van der Waals surface area contributed by atoms with Crippen LogP contribution in [-0.4, -0.2) is 67.2 Å². The summed E-state index contributed by atoms with van der Waals surface area (Å²) in [6, 6.07) is 14.7. The molecule has 0 spiro atoms. The minimum atomic E-state index is -0.396. The van der Waals surface area contributed by atoms with Crippen molar-refractivity contribution in [3.05, 3.63) is 87.2 Å². The average Bonchev–Trinajstić information content (AvgIpc) is 3.39. The molecule has 2 aliphatic rings. The lowest BCUT2D eigenvalue weighted by Gasteiger charge is -2.43. The molecule has 6 rings (SSSR count). The van der Waals surface area contributed by atoms with E-state index in [2.05, 4.69) is 30.3 Å². The van der Waals surface area contributed by atoms with Gasteiger partial charge in [0.2, 0.25) is 0 Å². The lowest BCUT2D eigenvalue weighted by Crippen LogP contribution is -2.52. The number of rotatable bonds is 6. The minimum absolute atomic E-state index is 0.122. The van der Waals surface area contributed by atoms with Crippen LogP contribution in [0.5, 0.6) is 0 Å². The fourth-order valence-corrected chi connectivity index (χ4v) is 6.19. The standard InChI is InChI=1S/C29H34FN7O/c1-20-6-5-7-22-18-25(29(38)31-26(20)22)27(36-16-14-35(15-17-36)24-8-3-2-4-9-24)28-32-33-34-37(28)19-21-10-12-23(30)13-11-21/h5-7,10-13,18,24,27H,2-4,8-9,14-17,19H2,1H3,(H,31,38)/t27-/m1/s1. The first kappa shape index (κ1) is 24.9. The van der Waals surface area contributed by atoms with Gasteiger partial charge >= 0.3 is 0 Å². The smallest absolute Gasteiger partial charge is 0.253 e. The topological polar surface area (TPSA) is 82.9 Å². The second-order valence-electron chi connectivity index (χ2n) is 10.7. The molecule has 1 atom stereocenters. The molecule has 2 aromatic carbocycles. The summed E-state index contributed by atoms with van der Waals surface area (Å²) in [5.41, 5.74) is 3.30. The number of hydrogen-bond acceptors (Lipinski definition) is 6. The summed E-state index contributed by atoms with van der Waals surface area (Å²) >= 11 is 0. The predicted molar refractivity (Wildman–Crippen MR) is 144 cm³/mol. The number of H-pyrrole nitrogens is 1. The Balaban J connectivity index is 1.36. The van der Waals surface area contributed by atoms with Crippen molar-refractivity contribution in [2.24, 2.45) is 0 Å². The highest BCUT2D eigenvalue weighted by molar-refractivity contribution is 5.82. The third kappa shape index (κ3) is 5.00. The molecule has 0 radical (unpaired) electrons. The molecule has 0 bridgehead atoms. The molecular weight excluding hydrogens is 481 g/mol. The van der Waals surface area contributed by atoms with E-state index in [0.29, 0.717) is 24.0 Å². The summed E-state index contributed by atoms with van der Waals surface area (Å²) in [7, 11) is 0. The van der Waals surface area contributed by atoms with Gasteiger partial charge in [-0.3, -0.25) is 14.6 Å². The molecule has 9 heteroatoms. The van der Waals surface area contributed by atoms with Gasteiger partial charge in [-0.1, -0.05) is 49.6 Å². The van der Waals surface area contributed by atoms with E-state index in [1.165, 1.54) is 44.2 Å². The number of fused-ring (bicyclic) bond motifs is 1. The number of aryl methyl sites for hydroxylation is 1. The van der Waals surface area contributed by atoms with Crippen LogP contribution in [0.15, 0.2) is 53.3 Å². The highest BCUT2D eigenvalue weighted by Crippen LogP contribution is 2.30. The maximum atomic E-state index is 13.6. The van der Waals surface area contributed by atoms with Crippen LogP contribution in [0.1, 0.15) is 60.7 Å². The molecule has 8 nitrogen and oxygen atoms in total. The zero-order valence-corrected chi connectivity index (χ0v) is 21.8. The largest absolute Gasteiger partial charge is 0.321 e. The number of hydrogen-bond donors (Lipinski definition) is 1. The number of nitrogens with one attached hydrogen (secondary N) is 1.